The zero-order valence-electron chi connectivity index (χ0n) is 12.5. The Kier molecular flexibility index (Phi) is 4.25. The van der Waals surface area contributed by atoms with Gasteiger partial charge in [-0.15, -0.1) is 0 Å². The molecule has 0 bridgehead atoms. The molecule has 0 saturated heterocycles. The smallest absolute Gasteiger partial charge is 0.218 e. The molecule has 3 rings (SSSR count). The van der Waals surface area contributed by atoms with Gasteiger partial charge < -0.3 is 10.5 Å². The lowest BCUT2D eigenvalue weighted by molar-refractivity contribution is 0.0961. The molecule has 1 heterocycles. The van der Waals surface area contributed by atoms with E-state index < -0.39 is 0 Å². The van der Waals surface area contributed by atoms with Gasteiger partial charge in [0.05, 0.1) is 0 Å². The summed E-state index contributed by atoms with van der Waals surface area (Å²) < 4.78 is 6.26. The van der Waals surface area contributed by atoms with Crippen LogP contribution in [0.15, 0.2) is 6.07 Å². The highest BCUT2D eigenvalue weighted by Crippen LogP contribution is 2.31. The molecule has 0 radical (unpaired) electrons. The van der Waals surface area contributed by atoms with Gasteiger partial charge in [0.2, 0.25) is 5.88 Å². The van der Waals surface area contributed by atoms with Crippen LogP contribution in [0, 0.1) is 5.92 Å². The molecule has 2 aliphatic rings. The molecule has 2 unspecified atom stereocenters. The van der Waals surface area contributed by atoms with Crippen LogP contribution >= 0.6 is 0 Å². The molecule has 2 atom stereocenters. The normalized spacial score (nSPS) is 26.1. The van der Waals surface area contributed by atoms with Crippen LogP contribution in [0.25, 0.3) is 0 Å². The molecule has 1 saturated carbocycles. The zero-order chi connectivity index (χ0) is 13.9. The molecule has 110 valence electrons. The molecular weight excluding hydrogens is 248 g/mol. The number of hydrogen-bond acceptors (Lipinski definition) is 3. The van der Waals surface area contributed by atoms with Gasteiger partial charge in [0, 0.05) is 17.8 Å². The Balaban J connectivity index is 1.84. The fourth-order valence-electron chi connectivity index (χ4n) is 3.51. The Morgan fingerprint density at radius 2 is 2.00 bits per heavy atom. The predicted octanol–water partition coefficient (Wildman–Crippen LogP) is 3.38. The first-order chi connectivity index (χ1) is 9.78. The van der Waals surface area contributed by atoms with E-state index in [4.69, 9.17) is 15.5 Å². The van der Waals surface area contributed by atoms with E-state index in [0.29, 0.717) is 18.6 Å². The van der Waals surface area contributed by atoms with Crippen LogP contribution in [0.2, 0.25) is 0 Å². The van der Waals surface area contributed by atoms with Gasteiger partial charge in [-0.25, -0.2) is 4.98 Å². The summed E-state index contributed by atoms with van der Waals surface area (Å²) in [5, 5.41) is 0. The lowest BCUT2D eigenvalue weighted by Crippen LogP contribution is -2.29. The maximum Gasteiger partial charge on any atom is 0.218 e. The largest absolute Gasteiger partial charge is 0.474 e. The number of nitrogens with zero attached hydrogens (tertiary/aromatic N) is 1. The topological polar surface area (TPSA) is 48.1 Å². The third kappa shape index (κ3) is 2.83. The first-order valence-electron chi connectivity index (χ1n) is 8.16. The molecule has 1 fully saturated rings. The Morgan fingerprint density at radius 3 is 2.80 bits per heavy atom. The van der Waals surface area contributed by atoms with E-state index in [-0.39, 0.29) is 0 Å². The summed E-state index contributed by atoms with van der Waals surface area (Å²) in [7, 11) is 0. The van der Waals surface area contributed by atoms with E-state index in [1.165, 1.54) is 43.4 Å². The van der Waals surface area contributed by atoms with Crippen LogP contribution in [-0.4, -0.2) is 11.1 Å². The average Bonchev–Trinajstić information content (AvgIpc) is 2.49. The third-order valence-corrected chi connectivity index (χ3v) is 4.86. The van der Waals surface area contributed by atoms with Crippen molar-refractivity contribution < 1.29 is 4.74 Å². The first-order valence-corrected chi connectivity index (χ1v) is 8.16. The van der Waals surface area contributed by atoms with Gasteiger partial charge in [0.15, 0.2) is 0 Å². The highest BCUT2D eigenvalue weighted by Gasteiger charge is 2.25. The molecule has 0 spiro atoms. The molecule has 2 aliphatic carbocycles. The summed E-state index contributed by atoms with van der Waals surface area (Å²) in [5.41, 5.74) is 9.62. The fraction of sp³-hybridized carbons (Fsp3) is 0.706. The van der Waals surface area contributed by atoms with Gasteiger partial charge in [-0.1, -0.05) is 13.3 Å². The summed E-state index contributed by atoms with van der Waals surface area (Å²) >= 11 is 0. The molecule has 0 aromatic carbocycles. The minimum absolute atomic E-state index is 0.322. The molecule has 0 aliphatic heterocycles. The lowest BCUT2D eigenvalue weighted by Gasteiger charge is -2.30. The minimum atomic E-state index is 0.322. The predicted molar refractivity (Wildman–Crippen MR) is 80.8 cm³/mol. The number of pyridine rings is 1. The van der Waals surface area contributed by atoms with E-state index in [2.05, 4.69) is 13.0 Å². The van der Waals surface area contributed by atoms with Gasteiger partial charge in [0.25, 0.3) is 0 Å². The number of rotatable bonds is 3. The second-order valence-corrected chi connectivity index (χ2v) is 6.39. The van der Waals surface area contributed by atoms with Crippen molar-refractivity contribution in [1.29, 1.82) is 0 Å². The van der Waals surface area contributed by atoms with Gasteiger partial charge in [-0.2, -0.15) is 0 Å². The number of ether oxygens (including phenoxy) is 1. The van der Waals surface area contributed by atoms with Crippen molar-refractivity contribution in [3.63, 3.8) is 0 Å². The van der Waals surface area contributed by atoms with E-state index in [0.717, 1.165) is 30.7 Å². The number of nitrogens with two attached hydrogens (primary N) is 1. The summed E-state index contributed by atoms with van der Waals surface area (Å²) in [6.07, 6.45) is 10.1. The van der Waals surface area contributed by atoms with Crippen molar-refractivity contribution in [1.82, 2.24) is 4.98 Å². The molecule has 1 aromatic rings. The van der Waals surface area contributed by atoms with E-state index in [9.17, 15) is 0 Å². The van der Waals surface area contributed by atoms with Crippen molar-refractivity contribution in [2.45, 2.75) is 70.9 Å². The quantitative estimate of drug-likeness (QED) is 0.919. The van der Waals surface area contributed by atoms with Crippen LogP contribution in [0.4, 0.5) is 0 Å². The third-order valence-electron chi connectivity index (χ3n) is 4.86. The van der Waals surface area contributed by atoms with Gasteiger partial charge in [-0.05, 0) is 62.5 Å². The maximum absolute atomic E-state index is 6.26. The molecule has 2 N–H and O–H groups in total. The summed E-state index contributed by atoms with van der Waals surface area (Å²) in [5.74, 6) is 1.44. The standard InChI is InChI=1S/C17H26N2O/c1-12-6-2-5-9-16(12)20-17-14(11-18)10-13-7-3-4-8-15(13)19-17/h10,12,16H,2-9,11,18H2,1H3. The van der Waals surface area contributed by atoms with Crippen molar-refractivity contribution >= 4 is 0 Å². The number of hydrogen-bond donors (Lipinski definition) is 1. The monoisotopic (exact) mass is 274 g/mol. The first kappa shape index (κ1) is 13.9. The van der Waals surface area contributed by atoms with Gasteiger partial charge in [0.1, 0.15) is 6.10 Å². The second-order valence-electron chi connectivity index (χ2n) is 6.39. The number of aromatic nitrogens is 1. The SMILES string of the molecule is CC1CCCCC1Oc1nc2c(cc1CN)CCCC2. The minimum Gasteiger partial charge on any atom is -0.474 e. The van der Waals surface area contributed by atoms with Gasteiger partial charge >= 0.3 is 0 Å². The summed E-state index contributed by atoms with van der Waals surface area (Å²) in [6, 6.07) is 2.24. The van der Waals surface area contributed by atoms with Gasteiger partial charge in [-0.3, -0.25) is 0 Å². The van der Waals surface area contributed by atoms with Crippen molar-refractivity contribution in [3.8, 4) is 5.88 Å². The Hall–Kier alpha value is -1.09. The molecule has 20 heavy (non-hydrogen) atoms. The second kappa shape index (κ2) is 6.13. The zero-order valence-corrected chi connectivity index (χ0v) is 12.5. The summed E-state index contributed by atoms with van der Waals surface area (Å²) in [6.45, 7) is 2.82. The van der Waals surface area contributed by atoms with Crippen molar-refractivity contribution in [2.75, 3.05) is 0 Å². The highest BCUT2D eigenvalue weighted by molar-refractivity contribution is 5.36. The fourth-order valence-corrected chi connectivity index (χ4v) is 3.51. The Bertz CT molecular complexity index is 472. The van der Waals surface area contributed by atoms with Crippen molar-refractivity contribution in [2.24, 2.45) is 11.7 Å². The van der Waals surface area contributed by atoms with Crippen molar-refractivity contribution in [3.05, 3.63) is 22.9 Å². The molecule has 3 nitrogen and oxygen atoms in total. The van der Waals surface area contributed by atoms with Crippen LogP contribution in [0.5, 0.6) is 5.88 Å². The Labute approximate surface area is 121 Å². The summed E-state index contributed by atoms with van der Waals surface area (Å²) in [4.78, 5) is 4.81. The average molecular weight is 274 g/mol. The van der Waals surface area contributed by atoms with Crippen LogP contribution in [0.3, 0.4) is 0 Å². The molecular formula is C17H26N2O. The molecule has 0 amide bonds. The maximum atomic E-state index is 6.26. The van der Waals surface area contributed by atoms with E-state index in [1.54, 1.807) is 0 Å². The van der Waals surface area contributed by atoms with Crippen LogP contribution in [-0.2, 0) is 19.4 Å². The molecule has 3 heteroatoms. The molecule has 1 aromatic heterocycles. The highest BCUT2D eigenvalue weighted by atomic mass is 16.5. The Morgan fingerprint density at radius 1 is 1.20 bits per heavy atom. The van der Waals surface area contributed by atoms with E-state index in [1.807, 2.05) is 0 Å². The lowest BCUT2D eigenvalue weighted by atomic mass is 9.88. The van der Waals surface area contributed by atoms with Crippen LogP contribution in [0.1, 0.15) is 62.3 Å². The number of fused-ring (bicyclic) bond motifs is 1. The number of aryl methyl sites for hydroxylation is 2. The van der Waals surface area contributed by atoms with Crippen LogP contribution < -0.4 is 10.5 Å². The van der Waals surface area contributed by atoms with E-state index >= 15 is 0 Å².